The molecule has 2 atom stereocenters. The Hall–Kier alpha value is -2.70. The van der Waals surface area contributed by atoms with Crippen LogP contribution in [0.1, 0.15) is 76.3 Å². The van der Waals surface area contributed by atoms with Crippen LogP contribution in [0.4, 0.5) is 0 Å². The van der Waals surface area contributed by atoms with Crippen LogP contribution in [-0.4, -0.2) is 34.2 Å². The number of hydrogen-bond donors (Lipinski definition) is 4. The van der Waals surface area contributed by atoms with Crippen molar-refractivity contribution in [1.29, 1.82) is 0 Å². The fourth-order valence-electron chi connectivity index (χ4n) is 3.12. The molecule has 0 aliphatic heterocycles. The number of benzene rings is 2. The number of nitrogens with two attached hydrogens (primary N) is 2. The number of rotatable bonds is 13. The molecule has 190 valence electrons. The third kappa shape index (κ3) is 17.8. The quantitative estimate of drug-likeness (QED) is 0.288. The molecule has 0 spiro atoms. The molecular weight excluding hydrogens is 428 g/mol. The van der Waals surface area contributed by atoms with Gasteiger partial charge in [0.25, 0.3) is 0 Å². The van der Waals surface area contributed by atoms with E-state index in [2.05, 4.69) is 13.8 Å². The summed E-state index contributed by atoms with van der Waals surface area (Å²) in [4.78, 5) is 20.8. The van der Waals surface area contributed by atoms with Gasteiger partial charge in [-0.15, -0.1) is 0 Å². The second-order valence-corrected chi connectivity index (χ2v) is 8.39. The van der Waals surface area contributed by atoms with Crippen LogP contribution in [0.3, 0.4) is 0 Å². The highest BCUT2D eigenvalue weighted by atomic mass is 16.4. The molecule has 2 aromatic carbocycles. The minimum absolute atomic E-state index is 0.385. The predicted octanol–water partition coefficient (Wildman–Crippen LogP) is 5.43. The molecule has 2 rings (SSSR count). The largest absolute Gasteiger partial charge is 0.480 e. The van der Waals surface area contributed by atoms with Crippen LogP contribution in [0.5, 0.6) is 0 Å². The molecule has 0 amide bonds. The zero-order valence-corrected chi connectivity index (χ0v) is 20.9. The normalized spacial score (nSPS) is 11.8. The Morgan fingerprint density at radius 3 is 1.18 bits per heavy atom. The number of aliphatic carboxylic acids is 2. The lowest BCUT2D eigenvalue weighted by Gasteiger charge is -2.04. The lowest BCUT2D eigenvalue weighted by Crippen LogP contribution is -2.32. The molecule has 6 heteroatoms. The molecule has 0 aliphatic carbocycles. The Morgan fingerprint density at radius 2 is 0.912 bits per heavy atom. The van der Waals surface area contributed by atoms with Crippen LogP contribution < -0.4 is 11.5 Å². The van der Waals surface area contributed by atoms with E-state index in [9.17, 15) is 9.59 Å². The second-order valence-electron chi connectivity index (χ2n) is 8.39. The molecule has 0 bridgehead atoms. The van der Waals surface area contributed by atoms with Crippen LogP contribution in [0.25, 0.3) is 0 Å². The fourth-order valence-corrected chi connectivity index (χ4v) is 3.12. The second kappa shape index (κ2) is 20.9. The molecule has 0 fully saturated rings. The van der Waals surface area contributed by atoms with Gasteiger partial charge in [-0.05, 0) is 24.0 Å². The van der Waals surface area contributed by atoms with Gasteiger partial charge >= 0.3 is 11.9 Å². The molecule has 6 nitrogen and oxygen atoms in total. The average molecular weight is 473 g/mol. The third-order valence-electron chi connectivity index (χ3n) is 5.19. The fraction of sp³-hybridized carbons (Fsp3) is 0.500. The van der Waals surface area contributed by atoms with Gasteiger partial charge in [0.15, 0.2) is 0 Å². The van der Waals surface area contributed by atoms with Crippen molar-refractivity contribution in [3.8, 4) is 0 Å². The first-order valence-electron chi connectivity index (χ1n) is 12.4. The number of carboxylic acids is 2. The van der Waals surface area contributed by atoms with Crippen molar-refractivity contribution >= 4 is 11.9 Å². The summed E-state index contributed by atoms with van der Waals surface area (Å²) in [5.74, 6) is -1.92. The summed E-state index contributed by atoms with van der Waals surface area (Å²) in [6.07, 6.45) is 12.2. The summed E-state index contributed by atoms with van der Waals surface area (Å²) in [6, 6.07) is 17.1. The Labute approximate surface area is 205 Å². The molecule has 6 N–H and O–H groups in total. The molecule has 0 heterocycles. The van der Waals surface area contributed by atoms with Crippen molar-refractivity contribution < 1.29 is 19.8 Å². The van der Waals surface area contributed by atoms with E-state index in [1.165, 1.54) is 51.4 Å². The lowest BCUT2D eigenvalue weighted by molar-refractivity contribution is -0.139. The van der Waals surface area contributed by atoms with Gasteiger partial charge in [-0.2, -0.15) is 0 Å². The van der Waals surface area contributed by atoms with E-state index >= 15 is 0 Å². The van der Waals surface area contributed by atoms with Gasteiger partial charge < -0.3 is 21.7 Å². The summed E-state index contributed by atoms with van der Waals surface area (Å²) in [5, 5.41) is 17.0. The Balaban J connectivity index is 0.000000484. The van der Waals surface area contributed by atoms with Crippen molar-refractivity contribution in [2.75, 3.05) is 0 Å². The first-order valence-corrected chi connectivity index (χ1v) is 12.4. The minimum Gasteiger partial charge on any atom is -0.480 e. The Kier molecular flexibility index (Phi) is 19.2. The predicted molar refractivity (Wildman–Crippen MR) is 140 cm³/mol. The summed E-state index contributed by atoms with van der Waals surface area (Å²) in [7, 11) is 0. The van der Waals surface area contributed by atoms with E-state index in [-0.39, 0.29) is 0 Å². The van der Waals surface area contributed by atoms with Crippen molar-refractivity contribution in [3.05, 3.63) is 71.8 Å². The van der Waals surface area contributed by atoms with Crippen LogP contribution >= 0.6 is 0 Å². The van der Waals surface area contributed by atoms with E-state index in [0.29, 0.717) is 12.8 Å². The maximum atomic E-state index is 10.4. The SMILES string of the molecule is CCCCCCCCCC.N[C@@H](Cc1ccccc1)C(=O)O.N[C@@H](Cc1ccccc1)C(=O)O. The van der Waals surface area contributed by atoms with E-state index in [4.69, 9.17) is 21.7 Å². The monoisotopic (exact) mass is 472 g/mol. The summed E-state index contributed by atoms with van der Waals surface area (Å²) < 4.78 is 0. The molecule has 0 radical (unpaired) electrons. The maximum absolute atomic E-state index is 10.4. The molecule has 2 aromatic rings. The molecule has 0 saturated heterocycles. The van der Waals surface area contributed by atoms with Gasteiger partial charge in [0.05, 0.1) is 0 Å². The van der Waals surface area contributed by atoms with Gasteiger partial charge in [0, 0.05) is 0 Å². The standard InChI is InChI=1S/C10H22.2C9H11NO2/c1-3-5-7-9-10-8-6-4-2;2*10-8(9(11)12)6-7-4-2-1-3-5-7/h3-10H2,1-2H3;2*1-5,8H,6,10H2,(H,11,12)/t;2*8-/m.00/s1. The van der Waals surface area contributed by atoms with Crippen molar-refractivity contribution in [1.82, 2.24) is 0 Å². The minimum atomic E-state index is -0.959. The molecule has 34 heavy (non-hydrogen) atoms. The van der Waals surface area contributed by atoms with Crippen molar-refractivity contribution in [3.63, 3.8) is 0 Å². The highest BCUT2D eigenvalue weighted by Crippen LogP contribution is 2.07. The first-order chi connectivity index (χ1) is 16.3. The Morgan fingerprint density at radius 1 is 0.618 bits per heavy atom. The van der Waals surface area contributed by atoms with Gasteiger partial charge in [-0.25, -0.2) is 0 Å². The smallest absolute Gasteiger partial charge is 0.320 e. The third-order valence-corrected chi connectivity index (χ3v) is 5.19. The molecule has 0 aliphatic rings. The number of carbonyl (C=O) groups is 2. The van der Waals surface area contributed by atoms with Gasteiger partial charge in [0.2, 0.25) is 0 Å². The lowest BCUT2D eigenvalue weighted by atomic mass is 10.1. The van der Waals surface area contributed by atoms with Crippen LogP contribution in [0.2, 0.25) is 0 Å². The molecule has 0 saturated carbocycles. The average Bonchev–Trinajstić information content (AvgIpc) is 2.83. The van der Waals surface area contributed by atoms with E-state index in [0.717, 1.165) is 11.1 Å². The highest BCUT2D eigenvalue weighted by Gasteiger charge is 2.11. The van der Waals surface area contributed by atoms with Gasteiger partial charge in [-0.3, -0.25) is 9.59 Å². The van der Waals surface area contributed by atoms with Crippen molar-refractivity contribution in [2.24, 2.45) is 11.5 Å². The van der Waals surface area contributed by atoms with Gasteiger partial charge in [-0.1, -0.05) is 126 Å². The number of unbranched alkanes of at least 4 members (excludes halogenated alkanes) is 7. The number of carboxylic acid groups (broad SMARTS) is 2. The summed E-state index contributed by atoms with van der Waals surface area (Å²) in [5.41, 5.74) is 12.6. The topological polar surface area (TPSA) is 127 Å². The zero-order chi connectivity index (χ0) is 25.6. The summed E-state index contributed by atoms with van der Waals surface area (Å²) in [6.45, 7) is 4.54. The highest BCUT2D eigenvalue weighted by molar-refractivity contribution is 5.73. The van der Waals surface area contributed by atoms with Crippen LogP contribution in [-0.2, 0) is 22.4 Å². The van der Waals surface area contributed by atoms with Gasteiger partial charge in [0.1, 0.15) is 12.1 Å². The first kappa shape index (κ1) is 31.3. The van der Waals surface area contributed by atoms with E-state index in [1.54, 1.807) is 0 Å². The molecule has 0 aromatic heterocycles. The molecule has 0 unspecified atom stereocenters. The number of hydrogen-bond acceptors (Lipinski definition) is 4. The molecular formula is C28H44N2O4. The van der Waals surface area contributed by atoms with E-state index < -0.39 is 24.0 Å². The van der Waals surface area contributed by atoms with E-state index in [1.807, 2.05) is 60.7 Å². The maximum Gasteiger partial charge on any atom is 0.320 e. The van der Waals surface area contributed by atoms with Crippen molar-refractivity contribution in [2.45, 2.75) is 90.1 Å². The summed E-state index contributed by atoms with van der Waals surface area (Å²) >= 11 is 0. The van der Waals surface area contributed by atoms with Crippen LogP contribution in [0, 0.1) is 0 Å². The van der Waals surface area contributed by atoms with Crippen LogP contribution in [0.15, 0.2) is 60.7 Å². The zero-order valence-electron chi connectivity index (χ0n) is 20.9. The Bertz CT molecular complexity index is 688.